The second-order valence-electron chi connectivity index (χ2n) is 7.21. The minimum absolute atomic E-state index is 0.0613. The molecule has 8 heteroatoms. The molecule has 0 radical (unpaired) electrons. The van der Waals surface area contributed by atoms with Crippen LogP contribution in [0.5, 0.6) is 0 Å². The maximum Gasteiger partial charge on any atom is 0.309 e. The molecule has 150 valence electrons. The standard InChI is InChI=1S/C18H30O6S2/c1-13(23-16(20)9-10-17(21)24-18(2,3)4)22-15(19)8-6-5-7-14-11-12-25-26-14/h13-14H,5-12H2,1-4H3/t13?,14-/m1/s1. The largest absolute Gasteiger partial charge is 0.460 e. The van der Waals surface area contributed by atoms with Crippen LogP contribution in [-0.4, -0.2) is 40.8 Å². The Labute approximate surface area is 163 Å². The molecular formula is C18H30O6S2. The minimum Gasteiger partial charge on any atom is -0.460 e. The van der Waals surface area contributed by atoms with Crippen molar-refractivity contribution in [2.24, 2.45) is 0 Å². The van der Waals surface area contributed by atoms with Crippen molar-refractivity contribution in [1.82, 2.24) is 0 Å². The first kappa shape index (κ1) is 23.1. The van der Waals surface area contributed by atoms with Crippen molar-refractivity contribution in [2.45, 2.75) is 89.8 Å². The Morgan fingerprint density at radius 3 is 2.19 bits per heavy atom. The van der Waals surface area contributed by atoms with Crippen LogP contribution in [0.15, 0.2) is 0 Å². The Hall–Kier alpha value is -0.890. The van der Waals surface area contributed by atoms with Crippen molar-refractivity contribution in [3.8, 4) is 0 Å². The summed E-state index contributed by atoms with van der Waals surface area (Å²) < 4.78 is 15.2. The summed E-state index contributed by atoms with van der Waals surface area (Å²) in [6.45, 7) is 6.78. The molecule has 0 saturated carbocycles. The van der Waals surface area contributed by atoms with Crippen LogP contribution in [0.25, 0.3) is 0 Å². The predicted molar refractivity (Wildman–Crippen MR) is 104 cm³/mol. The molecule has 26 heavy (non-hydrogen) atoms. The van der Waals surface area contributed by atoms with Crippen molar-refractivity contribution in [3.63, 3.8) is 0 Å². The van der Waals surface area contributed by atoms with E-state index in [2.05, 4.69) is 0 Å². The zero-order valence-electron chi connectivity index (χ0n) is 16.1. The lowest BCUT2D eigenvalue weighted by molar-refractivity contribution is -0.185. The molecule has 1 aliphatic heterocycles. The second kappa shape index (κ2) is 11.7. The first-order chi connectivity index (χ1) is 12.2. The third kappa shape index (κ3) is 11.7. The van der Waals surface area contributed by atoms with Crippen LogP contribution in [0.2, 0.25) is 0 Å². The average molecular weight is 407 g/mol. The van der Waals surface area contributed by atoms with Gasteiger partial charge in [0.25, 0.3) is 0 Å². The lowest BCUT2D eigenvalue weighted by Crippen LogP contribution is -2.25. The van der Waals surface area contributed by atoms with Gasteiger partial charge in [-0.1, -0.05) is 28.0 Å². The number of rotatable bonds is 10. The maximum absolute atomic E-state index is 11.8. The van der Waals surface area contributed by atoms with Gasteiger partial charge in [0.1, 0.15) is 5.60 Å². The molecular weight excluding hydrogens is 376 g/mol. The van der Waals surface area contributed by atoms with Gasteiger partial charge in [-0.3, -0.25) is 14.4 Å². The van der Waals surface area contributed by atoms with Gasteiger partial charge >= 0.3 is 17.9 Å². The van der Waals surface area contributed by atoms with Crippen LogP contribution in [0.1, 0.15) is 72.6 Å². The highest BCUT2D eigenvalue weighted by Gasteiger charge is 2.20. The first-order valence-corrected chi connectivity index (χ1v) is 11.4. The van der Waals surface area contributed by atoms with Gasteiger partial charge in [0.15, 0.2) is 0 Å². The number of carbonyl (C=O) groups excluding carboxylic acids is 3. The first-order valence-electron chi connectivity index (χ1n) is 9.05. The van der Waals surface area contributed by atoms with E-state index in [0.717, 1.165) is 19.3 Å². The highest BCUT2D eigenvalue weighted by molar-refractivity contribution is 8.77. The van der Waals surface area contributed by atoms with Gasteiger partial charge < -0.3 is 14.2 Å². The summed E-state index contributed by atoms with van der Waals surface area (Å²) in [5.74, 6) is -0.204. The quantitative estimate of drug-likeness (QED) is 0.230. The van der Waals surface area contributed by atoms with E-state index in [0.29, 0.717) is 11.7 Å². The summed E-state index contributed by atoms with van der Waals surface area (Å²) >= 11 is 0. The molecule has 1 rings (SSSR count). The molecule has 0 aromatic rings. The second-order valence-corrected chi connectivity index (χ2v) is 10.00. The number of ether oxygens (including phenoxy) is 3. The number of hydrogen-bond donors (Lipinski definition) is 0. The minimum atomic E-state index is -0.949. The predicted octanol–water partition coefficient (Wildman–Crippen LogP) is 4.25. The van der Waals surface area contributed by atoms with Crippen molar-refractivity contribution < 1.29 is 28.6 Å². The highest BCUT2D eigenvalue weighted by Crippen LogP contribution is 2.39. The molecule has 2 atom stereocenters. The molecule has 0 bridgehead atoms. The lowest BCUT2D eigenvalue weighted by Gasteiger charge is -2.19. The van der Waals surface area contributed by atoms with Crippen LogP contribution in [-0.2, 0) is 28.6 Å². The topological polar surface area (TPSA) is 78.9 Å². The molecule has 1 unspecified atom stereocenters. The summed E-state index contributed by atoms with van der Waals surface area (Å²) in [4.78, 5) is 35.0. The van der Waals surface area contributed by atoms with E-state index in [1.165, 1.54) is 19.1 Å². The van der Waals surface area contributed by atoms with E-state index < -0.39 is 23.8 Å². The van der Waals surface area contributed by atoms with Crippen LogP contribution >= 0.6 is 21.6 Å². The van der Waals surface area contributed by atoms with Crippen LogP contribution in [0.4, 0.5) is 0 Å². The van der Waals surface area contributed by atoms with Crippen molar-refractivity contribution in [1.29, 1.82) is 0 Å². The molecule has 0 amide bonds. The molecule has 0 aromatic heterocycles. The van der Waals surface area contributed by atoms with Gasteiger partial charge in [0.2, 0.25) is 6.29 Å². The Kier molecular flexibility index (Phi) is 10.5. The van der Waals surface area contributed by atoms with E-state index in [-0.39, 0.29) is 18.8 Å². The molecule has 0 spiro atoms. The molecule has 1 fully saturated rings. The molecule has 0 N–H and O–H groups in total. The van der Waals surface area contributed by atoms with Crippen molar-refractivity contribution in [3.05, 3.63) is 0 Å². The lowest BCUT2D eigenvalue weighted by atomic mass is 10.1. The summed E-state index contributed by atoms with van der Waals surface area (Å²) in [5, 5.41) is 0.709. The Morgan fingerprint density at radius 2 is 1.62 bits per heavy atom. The monoisotopic (exact) mass is 406 g/mol. The smallest absolute Gasteiger partial charge is 0.309 e. The fourth-order valence-electron chi connectivity index (χ4n) is 2.31. The summed E-state index contributed by atoms with van der Waals surface area (Å²) in [6, 6.07) is 0. The zero-order chi connectivity index (χ0) is 19.6. The maximum atomic E-state index is 11.8. The van der Waals surface area contributed by atoms with E-state index in [4.69, 9.17) is 14.2 Å². The molecule has 1 saturated heterocycles. The van der Waals surface area contributed by atoms with Crippen molar-refractivity contribution in [2.75, 3.05) is 5.75 Å². The third-order valence-corrected chi connectivity index (χ3v) is 6.44. The number of hydrogen-bond acceptors (Lipinski definition) is 8. The molecule has 0 aromatic carbocycles. The van der Waals surface area contributed by atoms with Crippen LogP contribution < -0.4 is 0 Å². The summed E-state index contributed by atoms with van der Waals surface area (Å²) in [5.41, 5.74) is -0.584. The Bertz CT molecular complexity index is 469. The number of unbranched alkanes of at least 4 members (excludes halogenated alkanes) is 1. The van der Waals surface area contributed by atoms with Gasteiger partial charge in [-0.2, -0.15) is 0 Å². The fourth-order valence-corrected chi connectivity index (χ4v) is 5.34. The van der Waals surface area contributed by atoms with Crippen LogP contribution in [0, 0.1) is 0 Å². The van der Waals surface area contributed by atoms with E-state index in [9.17, 15) is 14.4 Å². The molecule has 0 aliphatic carbocycles. The van der Waals surface area contributed by atoms with E-state index >= 15 is 0 Å². The SMILES string of the molecule is CC(OC(=O)CCCC[C@@H]1CCSS1)OC(=O)CCC(=O)OC(C)(C)C. The Balaban J connectivity index is 2.09. The zero-order valence-corrected chi connectivity index (χ0v) is 17.7. The molecule has 1 heterocycles. The van der Waals surface area contributed by atoms with Gasteiger partial charge in [0, 0.05) is 24.3 Å². The van der Waals surface area contributed by atoms with Gasteiger partial charge in [-0.15, -0.1) is 0 Å². The van der Waals surface area contributed by atoms with Gasteiger partial charge in [-0.05, 0) is 40.0 Å². The average Bonchev–Trinajstić information content (AvgIpc) is 3.01. The summed E-state index contributed by atoms with van der Waals surface area (Å²) in [7, 11) is 3.85. The highest BCUT2D eigenvalue weighted by atomic mass is 33.1. The van der Waals surface area contributed by atoms with E-state index in [1.807, 2.05) is 21.6 Å². The van der Waals surface area contributed by atoms with Gasteiger partial charge in [-0.25, -0.2) is 0 Å². The third-order valence-electron chi connectivity index (χ3n) is 3.43. The van der Waals surface area contributed by atoms with Gasteiger partial charge in [0.05, 0.1) is 12.8 Å². The fraction of sp³-hybridized carbons (Fsp3) is 0.833. The molecule has 1 aliphatic rings. The molecule has 6 nitrogen and oxygen atoms in total. The number of esters is 3. The Morgan fingerprint density at radius 1 is 1.00 bits per heavy atom. The van der Waals surface area contributed by atoms with Crippen molar-refractivity contribution >= 4 is 39.5 Å². The van der Waals surface area contributed by atoms with E-state index in [1.54, 1.807) is 20.8 Å². The summed E-state index contributed by atoms with van der Waals surface area (Å²) in [6.07, 6.45) is 3.36. The van der Waals surface area contributed by atoms with Crippen LogP contribution in [0.3, 0.4) is 0 Å². The normalized spacial score (nSPS) is 18.2. The number of carbonyl (C=O) groups is 3.